The molecule has 1 N–H and O–H groups in total. The fraction of sp³-hybridized carbons (Fsp3) is 0.294. The number of hydrogen-bond donors (Lipinski definition) is 1. The van der Waals surface area contributed by atoms with Crippen molar-refractivity contribution in [1.82, 2.24) is 4.90 Å². The molecule has 0 bridgehead atoms. The fourth-order valence-corrected chi connectivity index (χ4v) is 2.49. The summed E-state index contributed by atoms with van der Waals surface area (Å²) in [5.41, 5.74) is -0.590. The smallest absolute Gasteiger partial charge is 0.378 e. The molecule has 2 aromatic carbocycles. The highest BCUT2D eigenvalue weighted by Gasteiger charge is 2.33. The van der Waals surface area contributed by atoms with Gasteiger partial charge in [-0.05, 0) is 31.8 Å². The zero-order chi connectivity index (χ0) is 18.6. The lowest BCUT2D eigenvalue weighted by Crippen LogP contribution is -2.27. The van der Waals surface area contributed by atoms with E-state index in [0.717, 1.165) is 17.7 Å². The molecular weight excluding hydrogens is 335 g/mol. The van der Waals surface area contributed by atoms with E-state index in [0.29, 0.717) is 12.6 Å². The van der Waals surface area contributed by atoms with Crippen molar-refractivity contribution in [3.05, 3.63) is 69.8 Å². The Morgan fingerprint density at radius 3 is 2.32 bits per heavy atom. The molecule has 2 aromatic rings. The van der Waals surface area contributed by atoms with E-state index in [-0.39, 0.29) is 11.7 Å². The van der Waals surface area contributed by atoms with Crippen LogP contribution in [0.5, 0.6) is 0 Å². The van der Waals surface area contributed by atoms with Crippen LogP contribution < -0.4 is 5.32 Å². The average molecular weight is 353 g/mol. The summed E-state index contributed by atoms with van der Waals surface area (Å²) in [6.45, 7) is 0.309. The second-order valence-corrected chi connectivity index (χ2v) is 5.76. The van der Waals surface area contributed by atoms with Crippen LogP contribution in [-0.2, 0) is 6.18 Å². The standard InChI is InChI=1S/C17H18F3N3O2/c1-22(2)16(12-6-4-3-5-7-12)11-21-14-9-8-13(17(18,19)20)10-15(14)23(24)25/h3-10,16,21H,11H2,1-2H3/t16-/m0/s1. The number of hydrogen-bond acceptors (Lipinski definition) is 4. The minimum Gasteiger partial charge on any atom is -0.378 e. The number of benzene rings is 2. The minimum absolute atomic E-state index is 0.0563. The summed E-state index contributed by atoms with van der Waals surface area (Å²) in [5, 5.41) is 14.0. The zero-order valence-electron chi connectivity index (χ0n) is 13.7. The molecule has 25 heavy (non-hydrogen) atoms. The Kier molecular flexibility index (Phi) is 5.63. The molecule has 0 aliphatic rings. The van der Waals surface area contributed by atoms with Crippen LogP contribution in [0.1, 0.15) is 17.2 Å². The van der Waals surface area contributed by atoms with E-state index in [9.17, 15) is 23.3 Å². The first-order valence-corrected chi connectivity index (χ1v) is 7.51. The Morgan fingerprint density at radius 1 is 1.16 bits per heavy atom. The molecule has 8 heteroatoms. The van der Waals surface area contributed by atoms with Crippen LogP contribution in [0.25, 0.3) is 0 Å². The third-order valence-corrected chi connectivity index (χ3v) is 3.82. The first-order valence-electron chi connectivity index (χ1n) is 7.51. The zero-order valence-corrected chi connectivity index (χ0v) is 13.7. The van der Waals surface area contributed by atoms with Gasteiger partial charge >= 0.3 is 6.18 Å². The van der Waals surface area contributed by atoms with E-state index in [1.54, 1.807) is 0 Å². The number of nitro benzene ring substituents is 1. The number of rotatable bonds is 6. The van der Waals surface area contributed by atoms with Gasteiger partial charge < -0.3 is 10.2 Å². The molecule has 0 saturated heterocycles. The molecule has 0 aliphatic carbocycles. The van der Waals surface area contributed by atoms with E-state index in [2.05, 4.69) is 5.32 Å². The van der Waals surface area contributed by atoms with Gasteiger partial charge in [0.1, 0.15) is 5.69 Å². The predicted octanol–water partition coefficient (Wildman–Crippen LogP) is 4.33. The molecule has 0 unspecified atom stereocenters. The van der Waals surface area contributed by atoms with Crippen molar-refractivity contribution in [3.63, 3.8) is 0 Å². The Hall–Kier alpha value is -2.61. The van der Waals surface area contributed by atoms with Gasteiger partial charge in [0.15, 0.2) is 0 Å². The SMILES string of the molecule is CN(C)[C@@H](CNc1ccc(C(F)(F)F)cc1[N+](=O)[O-])c1ccccc1. The van der Waals surface area contributed by atoms with Gasteiger partial charge in [-0.3, -0.25) is 10.1 Å². The number of nitrogens with zero attached hydrogens (tertiary/aromatic N) is 2. The number of nitro groups is 1. The molecular formula is C17H18F3N3O2. The van der Waals surface area contributed by atoms with Crippen LogP contribution in [-0.4, -0.2) is 30.5 Å². The molecule has 0 saturated carbocycles. The van der Waals surface area contributed by atoms with Gasteiger partial charge in [0.2, 0.25) is 0 Å². The molecule has 0 aromatic heterocycles. The Balaban J connectivity index is 2.25. The molecule has 0 amide bonds. The van der Waals surface area contributed by atoms with Gasteiger partial charge in [-0.1, -0.05) is 30.3 Å². The second kappa shape index (κ2) is 7.52. The molecule has 0 fully saturated rings. The van der Waals surface area contributed by atoms with E-state index >= 15 is 0 Å². The highest BCUT2D eigenvalue weighted by molar-refractivity contribution is 5.63. The van der Waals surface area contributed by atoms with Gasteiger partial charge in [0.05, 0.1) is 16.5 Å². The summed E-state index contributed by atoms with van der Waals surface area (Å²) in [5.74, 6) is 0. The molecule has 1 atom stereocenters. The van der Waals surface area contributed by atoms with Crippen molar-refractivity contribution < 1.29 is 18.1 Å². The monoisotopic (exact) mass is 353 g/mol. The first-order chi connectivity index (χ1) is 11.7. The van der Waals surface area contributed by atoms with Crippen LogP contribution in [0.3, 0.4) is 0 Å². The molecule has 0 aliphatic heterocycles. The van der Waals surface area contributed by atoms with Crippen molar-refractivity contribution >= 4 is 11.4 Å². The molecule has 0 radical (unpaired) electrons. The van der Waals surface area contributed by atoms with Crippen LogP contribution >= 0.6 is 0 Å². The predicted molar refractivity (Wildman–Crippen MR) is 89.5 cm³/mol. The molecule has 134 valence electrons. The summed E-state index contributed by atoms with van der Waals surface area (Å²) in [6, 6.07) is 11.9. The lowest BCUT2D eigenvalue weighted by Gasteiger charge is -2.25. The Labute approximate surface area is 143 Å². The Morgan fingerprint density at radius 2 is 1.80 bits per heavy atom. The maximum atomic E-state index is 12.8. The van der Waals surface area contributed by atoms with Crippen molar-refractivity contribution in [2.45, 2.75) is 12.2 Å². The highest BCUT2D eigenvalue weighted by Crippen LogP contribution is 2.35. The Bertz CT molecular complexity index is 734. The summed E-state index contributed by atoms with van der Waals surface area (Å²) >= 11 is 0. The summed E-state index contributed by atoms with van der Waals surface area (Å²) < 4.78 is 38.3. The summed E-state index contributed by atoms with van der Waals surface area (Å²) in [6.07, 6.45) is -4.63. The second-order valence-electron chi connectivity index (χ2n) is 5.76. The van der Waals surface area contributed by atoms with Crippen molar-refractivity contribution in [2.24, 2.45) is 0 Å². The maximum absolute atomic E-state index is 12.8. The topological polar surface area (TPSA) is 58.4 Å². The largest absolute Gasteiger partial charge is 0.416 e. The molecule has 5 nitrogen and oxygen atoms in total. The van der Waals surface area contributed by atoms with Crippen LogP contribution in [0.15, 0.2) is 48.5 Å². The van der Waals surface area contributed by atoms with E-state index in [4.69, 9.17) is 0 Å². The van der Waals surface area contributed by atoms with Gasteiger partial charge in [0.25, 0.3) is 5.69 Å². The van der Waals surface area contributed by atoms with E-state index in [1.807, 2.05) is 49.3 Å². The number of alkyl halides is 3. The van der Waals surface area contributed by atoms with Crippen molar-refractivity contribution in [2.75, 3.05) is 26.0 Å². The summed E-state index contributed by atoms with van der Waals surface area (Å²) in [7, 11) is 3.72. The van der Waals surface area contributed by atoms with Gasteiger partial charge in [-0.2, -0.15) is 13.2 Å². The van der Waals surface area contributed by atoms with Crippen molar-refractivity contribution in [3.8, 4) is 0 Å². The van der Waals surface area contributed by atoms with Crippen LogP contribution in [0.2, 0.25) is 0 Å². The quantitative estimate of drug-likeness (QED) is 0.620. The number of nitrogens with one attached hydrogen (secondary N) is 1. The third-order valence-electron chi connectivity index (χ3n) is 3.82. The van der Waals surface area contributed by atoms with Gasteiger partial charge in [-0.15, -0.1) is 0 Å². The van der Waals surface area contributed by atoms with Gasteiger partial charge in [-0.25, -0.2) is 0 Å². The normalized spacial score (nSPS) is 12.9. The minimum atomic E-state index is -4.63. The highest BCUT2D eigenvalue weighted by atomic mass is 19.4. The lowest BCUT2D eigenvalue weighted by molar-refractivity contribution is -0.384. The van der Waals surface area contributed by atoms with E-state index < -0.39 is 22.4 Å². The molecule has 0 spiro atoms. The molecule has 2 rings (SSSR count). The maximum Gasteiger partial charge on any atom is 0.416 e. The average Bonchev–Trinajstić information content (AvgIpc) is 2.54. The van der Waals surface area contributed by atoms with Crippen LogP contribution in [0, 0.1) is 10.1 Å². The van der Waals surface area contributed by atoms with Crippen molar-refractivity contribution in [1.29, 1.82) is 0 Å². The van der Waals surface area contributed by atoms with E-state index in [1.165, 1.54) is 0 Å². The number of anilines is 1. The fourth-order valence-electron chi connectivity index (χ4n) is 2.49. The first kappa shape index (κ1) is 18.7. The van der Waals surface area contributed by atoms with Gasteiger partial charge in [0, 0.05) is 12.6 Å². The third kappa shape index (κ3) is 4.69. The molecule has 0 heterocycles. The summed E-state index contributed by atoms with van der Waals surface area (Å²) in [4.78, 5) is 12.3. The number of likely N-dealkylation sites (N-methyl/N-ethyl adjacent to an activating group) is 1. The van der Waals surface area contributed by atoms with Crippen LogP contribution in [0.4, 0.5) is 24.5 Å². The lowest BCUT2D eigenvalue weighted by atomic mass is 10.1. The number of halogens is 3.